The van der Waals surface area contributed by atoms with E-state index in [0.717, 1.165) is 34.9 Å². The molecule has 0 saturated carbocycles. The molecule has 150 valence electrons. The van der Waals surface area contributed by atoms with Crippen LogP contribution in [0.25, 0.3) is 0 Å². The summed E-state index contributed by atoms with van der Waals surface area (Å²) >= 11 is 7.67. The van der Waals surface area contributed by atoms with Gasteiger partial charge in [0, 0.05) is 42.9 Å². The van der Waals surface area contributed by atoms with Crippen LogP contribution in [0, 0.1) is 6.92 Å². The van der Waals surface area contributed by atoms with Crippen LogP contribution in [0.1, 0.15) is 11.6 Å². The van der Waals surface area contributed by atoms with E-state index in [9.17, 15) is 0 Å². The highest BCUT2D eigenvalue weighted by atomic mass is 127. The summed E-state index contributed by atoms with van der Waals surface area (Å²) in [5, 5.41) is 15.5. The molecule has 0 aliphatic rings. The first-order valence-corrected chi connectivity index (χ1v) is 9.71. The van der Waals surface area contributed by atoms with E-state index >= 15 is 0 Å². The van der Waals surface area contributed by atoms with E-state index in [1.807, 2.05) is 42.8 Å². The summed E-state index contributed by atoms with van der Waals surface area (Å²) in [6.45, 7) is 4.46. The standard InChI is InChI=1S/C17H25ClN6OS.HI/c1-13-22-23-16(24(13)2)12-21-17(19-8-10-25-3)20-9-11-26-15-6-4-14(18)5-7-15;/h4-7H,8-12H2,1-3H3,(H2,19,20,21);1H. The van der Waals surface area contributed by atoms with E-state index in [-0.39, 0.29) is 24.0 Å². The van der Waals surface area contributed by atoms with Crippen molar-refractivity contribution in [2.45, 2.75) is 18.4 Å². The summed E-state index contributed by atoms with van der Waals surface area (Å²) in [4.78, 5) is 5.78. The van der Waals surface area contributed by atoms with Crippen LogP contribution in [0.2, 0.25) is 5.02 Å². The monoisotopic (exact) mass is 524 g/mol. The number of halogens is 2. The second kappa shape index (κ2) is 13.2. The van der Waals surface area contributed by atoms with Crippen molar-refractivity contribution in [2.75, 3.05) is 32.6 Å². The number of aromatic nitrogens is 3. The Balaban J connectivity index is 0.00000364. The first kappa shape index (κ1) is 24.0. The van der Waals surface area contributed by atoms with Gasteiger partial charge in [-0.05, 0) is 31.2 Å². The maximum Gasteiger partial charge on any atom is 0.191 e. The van der Waals surface area contributed by atoms with Crippen molar-refractivity contribution in [3.8, 4) is 0 Å². The third-order valence-corrected chi connectivity index (χ3v) is 4.90. The number of aryl methyl sites for hydroxylation is 1. The van der Waals surface area contributed by atoms with E-state index in [4.69, 9.17) is 16.3 Å². The number of guanidine groups is 1. The lowest BCUT2D eigenvalue weighted by Gasteiger charge is -2.12. The molecule has 2 N–H and O–H groups in total. The molecule has 0 saturated heterocycles. The van der Waals surface area contributed by atoms with Gasteiger partial charge < -0.3 is 19.9 Å². The Morgan fingerprint density at radius 1 is 1.22 bits per heavy atom. The number of hydrogen-bond acceptors (Lipinski definition) is 5. The number of benzene rings is 1. The number of ether oxygens (including phenoxy) is 1. The first-order chi connectivity index (χ1) is 12.6. The third-order valence-electron chi connectivity index (χ3n) is 3.64. The average Bonchev–Trinajstić information content (AvgIpc) is 2.96. The van der Waals surface area contributed by atoms with Crippen LogP contribution >= 0.6 is 47.3 Å². The normalized spacial score (nSPS) is 11.2. The van der Waals surface area contributed by atoms with Crippen molar-refractivity contribution in [3.05, 3.63) is 40.9 Å². The molecule has 7 nitrogen and oxygen atoms in total. The summed E-state index contributed by atoms with van der Waals surface area (Å²) in [7, 11) is 3.62. The second-order valence-corrected chi connectivity index (χ2v) is 7.14. The molecule has 1 aromatic carbocycles. The van der Waals surface area contributed by atoms with Gasteiger partial charge in [-0.3, -0.25) is 0 Å². The summed E-state index contributed by atoms with van der Waals surface area (Å²) in [5.74, 6) is 3.34. The Kier molecular flexibility index (Phi) is 11.7. The molecule has 0 bridgehead atoms. The quantitative estimate of drug-likeness (QED) is 0.173. The van der Waals surface area contributed by atoms with Crippen LogP contribution in [0.15, 0.2) is 34.2 Å². The lowest BCUT2D eigenvalue weighted by atomic mass is 10.4. The predicted molar refractivity (Wildman–Crippen MR) is 122 cm³/mol. The molecule has 1 heterocycles. The molecule has 0 fully saturated rings. The summed E-state index contributed by atoms with van der Waals surface area (Å²) in [6, 6.07) is 7.85. The number of nitrogens with one attached hydrogen (secondary N) is 2. The van der Waals surface area contributed by atoms with E-state index < -0.39 is 0 Å². The van der Waals surface area contributed by atoms with Gasteiger partial charge in [0.2, 0.25) is 0 Å². The number of thioether (sulfide) groups is 1. The minimum atomic E-state index is 0. The van der Waals surface area contributed by atoms with Crippen LogP contribution in [-0.4, -0.2) is 53.3 Å². The molecule has 2 aromatic rings. The number of nitrogens with zero attached hydrogens (tertiary/aromatic N) is 4. The number of rotatable bonds is 9. The molecule has 0 atom stereocenters. The molecule has 0 amide bonds. The molecule has 0 unspecified atom stereocenters. The smallest absolute Gasteiger partial charge is 0.191 e. The minimum absolute atomic E-state index is 0. The molecule has 0 aliphatic heterocycles. The zero-order chi connectivity index (χ0) is 18.8. The highest BCUT2D eigenvalue weighted by Crippen LogP contribution is 2.19. The first-order valence-electron chi connectivity index (χ1n) is 8.34. The SMILES string of the molecule is COCCNC(=NCc1nnc(C)n1C)NCCSc1ccc(Cl)cc1.I. The van der Waals surface area contributed by atoms with Gasteiger partial charge in [0.25, 0.3) is 0 Å². The molecule has 1 aromatic heterocycles. The average molecular weight is 525 g/mol. The van der Waals surface area contributed by atoms with Gasteiger partial charge in [-0.25, -0.2) is 4.99 Å². The lowest BCUT2D eigenvalue weighted by Crippen LogP contribution is -2.40. The fourth-order valence-electron chi connectivity index (χ4n) is 2.05. The molecule has 2 rings (SSSR count). The Morgan fingerprint density at radius 3 is 2.56 bits per heavy atom. The van der Waals surface area contributed by atoms with Gasteiger partial charge in [0.05, 0.1) is 6.61 Å². The van der Waals surface area contributed by atoms with Gasteiger partial charge in [0.15, 0.2) is 11.8 Å². The molecule has 27 heavy (non-hydrogen) atoms. The largest absolute Gasteiger partial charge is 0.383 e. The zero-order valence-corrected chi connectivity index (χ0v) is 19.6. The topological polar surface area (TPSA) is 76.4 Å². The summed E-state index contributed by atoms with van der Waals surface area (Å²) in [5.41, 5.74) is 0. The molecule has 0 aliphatic carbocycles. The maximum atomic E-state index is 5.91. The molecule has 0 spiro atoms. The fourth-order valence-corrected chi connectivity index (χ4v) is 2.95. The van der Waals surface area contributed by atoms with Crippen LogP contribution in [-0.2, 0) is 18.3 Å². The van der Waals surface area contributed by atoms with Gasteiger partial charge in [-0.2, -0.15) is 0 Å². The predicted octanol–water partition coefficient (Wildman–Crippen LogP) is 2.87. The Morgan fingerprint density at radius 2 is 1.93 bits per heavy atom. The molecular weight excluding hydrogens is 499 g/mol. The van der Waals surface area contributed by atoms with Gasteiger partial charge in [0.1, 0.15) is 12.4 Å². The van der Waals surface area contributed by atoms with Gasteiger partial charge in [-0.1, -0.05) is 11.6 Å². The minimum Gasteiger partial charge on any atom is -0.383 e. The molecular formula is C17H26ClIN6OS. The van der Waals surface area contributed by atoms with Crippen molar-refractivity contribution >= 4 is 53.3 Å². The van der Waals surface area contributed by atoms with Gasteiger partial charge in [-0.15, -0.1) is 45.9 Å². The highest BCUT2D eigenvalue weighted by Gasteiger charge is 2.05. The van der Waals surface area contributed by atoms with Crippen LogP contribution in [0.4, 0.5) is 0 Å². The van der Waals surface area contributed by atoms with Gasteiger partial charge >= 0.3 is 0 Å². The van der Waals surface area contributed by atoms with Crippen LogP contribution < -0.4 is 10.6 Å². The maximum absolute atomic E-state index is 5.91. The van der Waals surface area contributed by atoms with E-state index in [1.54, 1.807) is 18.9 Å². The van der Waals surface area contributed by atoms with Crippen LogP contribution in [0.5, 0.6) is 0 Å². The number of hydrogen-bond donors (Lipinski definition) is 2. The Hall–Kier alpha value is -1.04. The van der Waals surface area contributed by atoms with Crippen molar-refractivity contribution in [2.24, 2.45) is 12.0 Å². The number of methoxy groups -OCH3 is 1. The second-order valence-electron chi connectivity index (χ2n) is 5.54. The van der Waals surface area contributed by atoms with E-state index in [2.05, 4.69) is 25.8 Å². The van der Waals surface area contributed by atoms with Crippen molar-refractivity contribution in [1.29, 1.82) is 0 Å². The fraction of sp³-hybridized carbons (Fsp3) is 0.471. The van der Waals surface area contributed by atoms with Crippen molar-refractivity contribution in [3.63, 3.8) is 0 Å². The zero-order valence-electron chi connectivity index (χ0n) is 15.7. The number of aliphatic imine (C=N–C) groups is 1. The highest BCUT2D eigenvalue weighted by molar-refractivity contribution is 14.0. The van der Waals surface area contributed by atoms with E-state index in [1.165, 1.54) is 4.90 Å². The molecule has 0 radical (unpaired) electrons. The lowest BCUT2D eigenvalue weighted by molar-refractivity contribution is 0.203. The van der Waals surface area contributed by atoms with Crippen LogP contribution in [0.3, 0.4) is 0 Å². The van der Waals surface area contributed by atoms with Crippen molar-refractivity contribution < 1.29 is 4.74 Å². The van der Waals surface area contributed by atoms with Crippen molar-refractivity contribution in [1.82, 2.24) is 25.4 Å². The summed E-state index contributed by atoms with van der Waals surface area (Å²) < 4.78 is 7.02. The Labute approximate surface area is 186 Å². The Bertz CT molecular complexity index is 710. The summed E-state index contributed by atoms with van der Waals surface area (Å²) in [6.07, 6.45) is 0. The third kappa shape index (κ3) is 8.67. The van der Waals surface area contributed by atoms with E-state index in [0.29, 0.717) is 19.7 Å². The molecule has 10 heteroatoms.